The summed E-state index contributed by atoms with van der Waals surface area (Å²) in [7, 11) is 0. The Kier molecular flexibility index (Phi) is 6.19. The molecular formula is C11H16O. The van der Waals surface area contributed by atoms with E-state index in [1.54, 1.807) is 0 Å². The molecule has 0 spiro atoms. The summed E-state index contributed by atoms with van der Waals surface area (Å²) in [5, 5.41) is 9.26. The molecule has 0 aliphatic heterocycles. The summed E-state index contributed by atoms with van der Waals surface area (Å²) in [5.41, 5.74) is 3.82. The van der Waals surface area contributed by atoms with E-state index in [2.05, 4.69) is 18.6 Å². The summed E-state index contributed by atoms with van der Waals surface area (Å²) in [6.45, 7) is 4.06. The Balaban J connectivity index is 4.34. The minimum Gasteiger partial charge on any atom is -0.376 e. The average molecular weight is 164 g/mol. The number of terminal acetylenes is 1. The van der Waals surface area contributed by atoms with Gasteiger partial charge in [0.15, 0.2) is 0 Å². The molecule has 0 saturated heterocycles. The van der Waals surface area contributed by atoms with E-state index in [1.165, 1.54) is 0 Å². The Morgan fingerprint density at radius 2 is 2.25 bits per heavy atom. The van der Waals surface area contributed by atoms with Crippen LogP contribution in [0, 0.1) is 12.3 Å². The summed E-state index contributed by atoms with van der Waals surface area (Å²) in [6, 6.07) is 0. The molecule has 0 rings (SSSR count). The van der Waals surface area contributed by atoms with E-state index in [9.17, 15) is 5.11 Å². The van der Waals surface area contributed by atoms with Crippen molar-refractivity contribution in [2.75, 3.05) is 0 Å². The Morgan fingerprint density at radius 1 is 1.58 bits per heavy atom. The zero-order valence-corrected chi connectivity index (χ0v) is 7.80. The standard InChI is InChI=1S/C11H16O/c1-4-7-8-9-10(5-2)11(12)6-3/h3,8,11-12H,4-5,7H2,1-2H3. The van der Waals surface area contributed by atoms with Crippen molar-refractivity contribution in [1.82, 2.24) is 0 Å². The molecule has 1 atom stereocenters. The maximum Gasteiger partial charge on any atom is 0.143 e. The molecule has 0 aromatic rings. The predicted octanol–water partition coefficient (Wildman–Crippen LogP) is 2.27. The quantitative estimate of drug-likeness (QED) is 0.499. The number of aliphatic hydroxyl groups is 1. The van der Waals surface area contributed by atoms with Crippen LogP contribution in [0.3, 0.4) is 0 Å². The van der Waals surface area contributed by atoms with Crippen LogP contribution in [-0.4, -0.2) is 11.2 Å². The highest BCUT2D eigenvalue weighted by Gasteiger charge is 2.02. The van der Waals surface area contributed by atoms with Crippen LogP contribution in [0.1, 0.15) is 33.1 Å². The lowest BCUT2D eigenvalue weighted by Gasteiger charge is -2.02. The lowest BCUT2D eigenvalue weighted by Crippen LogP contribution is -2.04. The van der Waals surface area contributed by atoms with Gasteiger partial charge in [0.25, 0.3) is 0 Å². The minimum absolute atomic E-state index is 0.756. The Labute approximate surface area is 74.8 Å². The SMILES string of the molecule is C#CC(O)C(=C=CCCC)CC. The average Bonchev–Trinajstić information content (AvgIpc) is 2.11. The number of unbranched alkanes of at least 4 members (excludes halogenated alkanes) is 1. The third-order valence-corrected chi connectivity index (χ3v) is 1.59. The maximum absolute atomic E-state index is 9.26. The van der Waals surface area contributed by atoms with Crippen molar-refractivity contribution in [3.05, 3.63) is 17.4 Å². The normalized spacial score (nSPS) is 11.2. The van der Waals surface area contributed by atoms with Gasteiger partial charge in [0, 0.05) is 5.57 Å². The fourth-order valence-electron chi connectivity index (χ4n) is 0.823. The highest BCUT2D eigenvalue weighted by Crippen LogP contribution is 2.04. The molecule has 0 bridgehead atoms. The Morgan fingerprint density at radius 3 is 2.67 bits per heavy atom. The third kappa shape index (κ3) is 4.03. The van der Waals surface area contributed by atoms with Crippen molar-refractivity contribution in [2.45, 2.75) is 39.2 Å². The maximum atomic E-state index is 9.26. The summed E-state index contributed by atoms with van der Waals surface area (Å²) >= 11 is 0. The van der Waals surface area contributed by atoms with Crippen LogP contribution in [0.15, 0.2) is 17.4 Å². The van der Waals surface area contributed by atoms with Gasteiger partial charge in [-0.15, -0.1) is 12.2 Å². The van der Waals surface area contributed by atoms with Crippen molar-refractivity contribution in [1.29, 1.82) is 0 Å². The molecule has 0 aromatic heterocycles. The molecule has 66 valence electrons. The van der Waals surface area contributed by atoms with Crippen molar-refractivity contribution in [3.63, 3.8) is 0 Å². The minimum atomic E-state index is -0.761. The van der Waals surface area contributed by atoms with Crippen LogP contribution >= 0.6 is 0 Å². The van der Waals surface area contributed by atoms with E-state index >= 15 is 0 Å². The van der Waals surface area contributed by atoms with Gasteiger partial charge in [-0.05, 0) is 18.9 Å². The first-order valence-corrected chi connectivity index (χ1v) is 4.34. The van der Waals surface area contributed by atoms with Gasteiger partial charge in [-0.3, -0.25) is 0 Å². The van der Waals surface area contributed by atoms with Gasteiger partial charge in [0.05, 0.1) is 0 Å². The van der Waals surface area contributed by atoms with Gasteiger partial charge in [-0.1, -0.05) is 26.2 Å². The second-order valence-corrected chi connectivity index (χ2v) is 2.59. The second kappa shape index (κ2) is 6.73. The zero-order valence-electron chi connectivity index (χ0n) is 7.80. The summed E-state index contributed by atoms with van der Waals surface area (Å²) < 4.78 is 0. The molecule has 0 aromatic carbocycles. The van der Waals surface area contributed by atoms with E-state index in [4.69, 9.17) is 6.42 Å². The number of aliphatic hydroxyl groups excluding tert-OH is 1. The molecule has 0 aliphatic carbocycles. The van der Waals surface area contributed by atoms with Gasteiger partial charge in [-0.2, -0.15) is 0 Å². The van der Waals surface area contributed by atoms with E-state index in [-0.39, 0.29) is 0 Å². The smallest absolute Gasteiger partial charge is 0.143 e. The van der Waals surface area contributed by atoms with E-state index in [0.717, 1.165) is 24.8 Å². The van der Waals surface area contributed by atoms with Gasteiger partial charge in [0.1, 0.15) is 6.10 Å². The van der Waals surface area contributed by atoms with Crippen molar-refractivity contribution >= 4 is 0 Å². The molecule has 1 nitrogen and oxygen atoms in total. The van der Waals surface area contributed by atoms with E-state index < -0.39 is 6.10 Å². The topological polar surface area (TPSA) is 20.2 Å². The fraction of sp³-hybridized carbons (Fsp3) is 0.545. The molecule has 1 heteroatoms. The van der Waals surface area contributed by atoms with Gasteiger partial charge >= 0.3 is 0 Å². The monoisotopic (exact) mass is 164 g/mol. The van der Waals surface area contributed by atoms with Crippen LogP contribution in [0.25, 0.3) is 0 Å². The van der Waals surface area contributed by atoms with E-state index in [1.807, 2.05) is 13.0 Å². The largest absolute Gasteiger partial charge is 0.376 e. The van der Waals surface area contributed by atoms with Crippen molar-refractivity contribution in [3.8, 4) is 12.3 Å². The van der Waals surface area contributed by atoms with Crippen LogP contribution in [0.5, 0.6) is 0 Å². The first-order chi connectivity index (χ1) is 5.76. The van der Waals surface area contributed by atoms with Crippen LogP contribution in [-0.2, 0) is 0 Å². The number of rotatable bonds is 4. The number of hydrogen-bond acceptors (Lipinski definition) is 1. The molecule has 0 fully saturated rings. The van der Waals surface area contributed by atoms with Crippen LogP contribution in [0.4, 0.5) is 0 Å². The predicted molar refractivity (Wildman–Crippen MR) is 51.6 cm³/mol. The molecular weight excluding hydrogens is 148 g/mol. The third-order valence-electron chi connectivity index (χ3n) is 1.59. The molecule has 1 unspecified atom stereocenters. The summed E-state index contributed by atoms with van der Waals surface area (Å²) in [6.07, 6.45) is 9.08. The van der Waals surface area contributed by atoms with Crippen LogP contribution in [0.2, 0.25) is 0 Å². The summed E-state index contributed by atoms with van der Waals surface area (Å²) in [5.74, 6) is 2.28. The van der Waals surface area contributed by atoms with Gasteiger partial charge < -0.3 is 5.11 Å². The highest BCUT2D eigenvalue weighted by atomic mass is 16.3. The first kappa shape index (κ1) is 11.0. The molecule has 1 N–H and O–H groups in total. The van der Waals surface area contributed by atoms with Crippen molar-refractivity contribution < 1.29 is 5.11 Å². The Bertz CT molecular complexity index is 214. The highest BCUT2D eigenvalue weighted by molar-refractivity contribution is 5.17. The van der Waals surface area contributed by atoms with Crippen molar-refractivity contribution in [2.24, 2.45) is 0 Å². The zero-order chi connectivity index (χ0) is 9.40. The molecule has 0 radical (unpaired) electrons. The van der Waals surface area contributed by atoms with Gasteiger partial charge in [-0.25, -0.2) is 0 Å². The first-order valence-electron chi connectivity index (χ1n) is 4.34. The fourth-order valence-corrected chi connectivity index (χ4v) is 0.823. The molecule has 0 saturated carbocycles. The lowest BCUT2D eigenvalue weighted by molar-refractivity contribution is 0.265. The Hall–Kier alpha value is -0.960. The van der Waals surface area contributed by atoms with Crippen LogP contribution < -0.4 is 0 Å². The number of hydrogen-bond donors (Lipinski definition) is 1. The second-order valence-electron chi connectivity index (χ2n) is 2.59. The summed E-state index contributed by atoms with van der Waals surface area (Å²) in [4.78, 5) is 0. The van der Waals surface area contributed by atoms with Gasteiger partial charge in [0.2, 0.25) is 0 Å². The molecule has 12 heavy (non-hydrogen) atoms. The molecule has 0 aliphatic rings. The molecule has 0 amide bonds. The van der Waals surface area contributed by atoms with E-state index in [0.29, 0.717) is 0 Å². The molecule has 0 heterocycles. The lowest BCUT2D eigenvalue weighted by atomic mass is 10.1.